The van der Waals surface area contributed by atoms with Gasteiger partial charge in [-0.3, -0.25) is 4.79 Å². The third-order valence-electron chi connectivity index (χ3n) is 5.72. The lowest BCUT2D eigenvalue weighted by Gasteiger charge is -2.32. The SMILES string of the molecule is O=C(NC1CCCCCCC1)[C@@H]1CCCN(S(=O)(=O)c2cc(Cl)ccc2Cl)C1. The van der Waals surface area contributed by atoms with Crippen LogP contribution in [0.5, 0.6) is 0 Å². The highest BCUT2D eigenvalue weighted by Gasteiger charge is 2.35. The van der Waals surface area contributed by atoms with E-state index in [1.165, 1.54) is 35.7 Å². The summed E-state index contributed by atoms with van der Waals surface area (Å²) in [4.78, 5) is 12.8. The zero-order chi connectivity index (χ0) is 20.1. The molecule has 1 heterocycles. The second kappa shape index (κ2) is 9.79. The van der Waals surface area contributed by atoms with Crippen LogP contribution in [0.4, 0.5) is 0 Å². The Kier molecular flexibility index (Phi) is 7.65. The molecule has 28 heavy (non-hydrogen) atoms. The Bertz CT molecular complexity index is 793. The van der Waals surface area contributed by atoms with Crippen molar-refractivity contribution in [1.29, 1.82) is 0 Å². The minimum Gasteiger partial charge on any atom is -0.353 e. The average molecular weight is 447 g/mol. The molecule has 5 nitrogen and oxygen atoms in total. The largest absolute Gasteiger partial charge is 0.353 e. The average Bonchev–Trinajstić information content (AvgIpc) is 2.65. The number of sulfonamides is 1. The van der Waals surface area contributed by atoms with E-state index in [1.54, 1.807) is 6.07 Å². The summed E-state index contributed by atoms with van der Waals surface area (Å²) in [5.74, 6) is -0.352. The lowest BCUT2D eigenvalue weighted by Crippen LogP contribution is -2.47. The lowest BCUT2D eigenvalue weighted by molar-refractivity contribution is -0.126. The Hall–Kier alpha value is -0.820. The van der Waals surface area contributed by atoms with Gasteiger partial charge in [-0.05, 0) is 43.9 Å². The minimum atomic E-state index is -3.79. The normalized spacial score (nSPS) is 23.0. The van der Waals surface area contributed by atoms with E-state index in [2.05, 4.69) is 5.32 Å². The summed E-state index contributed by atoms with van der Waals surface area (Å²) in [7, 11) is -3.79. The van der Waals surface area contributed by atoms with Crippen molar-refractivity contribution in [2.45, 2.75) is 68.7 Å². The van der Waals surface area contributed by atoms with Crippen molar-refractivity contribution in [3.63, 3.8) is 0 Å². The minimum absolute atomic E-state index is 0.00254. The maximum absolute atomic E-state index is 13.1. The molecule has 1 atom stereocenters. The molecule has 1 amide bonds. The highest BCUT2D eigenvalue weighted by atomic mass is 35.5. The Morgan fingerprint density at radius 1 is 1.00 bits per heavy atom. The number of hydrogen-bond acceptors (Lipinski definition) is 3. The van der Waals surface area contributed by atoms with Crippen molar-refractivity contribution < 1.29 is 13.2 Å². The molecule has 1 aromatic carbocycles. The number of carbonyl (C=O) groups is 1. The summed E-state index contributed by atoms with van der Waals surface area (Å²) >= 11 is 12.1. The summed E-state index contributed by atoms with van der Waals surface area (Å²) in [5.41, 5.74) is 0. The fourth-order valence-corrected chi connectivity index (χ4v) is 6.37. The molecule has 0 unspecified atom stereocenters. The van der Waals surface area contributed by atoms with Gasteiger partial charge < -0.3 is 5.32 Å². The van der Waals surface area contributed by atoms with E-state index in [0.29, 0.717) is 24.4 Å². The first-order chi connectivity index (χ1) is 13.4. The molecule has 1 saturated carbocycles. The van der Waals surface area contributed by atoms with Gasteiger partial charge in [0, 0.05) is 24.2 Å². The second-order valence-electron chi connectivity index (χ2n) is 7.83. The maximum atomic E-state index is 13.1. The topological polar surface area (TPSA) is 66.5 Å². The van der Waals surface area contributed by atoms with Gasteiger partial charge in [-0.15, -0.1) is 0 Å². The molecule has 0 spiro atoms. The van der Waals surface area contributed by atoms with Gasteiger partial charge >= 0.3 is 0 Å². The zero-order valence-electron chi connectivity index (χ0n) is 16.0. The van der Waals surface area contributed by atoms with Crippen LogP contribution in [-0.2, 0) is 14.8 Å². The number of rotatable bonds is 4. The number of amides is 1. The Morgan fingerprint density at radius 3 is 2.39 bits per heavy atom. The van der Waals surface area contributed by atoms with Gasteiger partial charge in [0.15, 0.2) is 0 Å². The van der Waals surface area contributed by atoms with Crippen molar-refractivity contribution in [1.82, 2.24) is 9.62 Å². The van der Waals surface area contributed by atoms with Crippen molar-refractivity contribution in [2.24, 2.45) is 5.92 Å². The Morgan fingerprint density at radius 2 is 1.68 bits per heavy atom. The van der Waals surface area contributed by atoms with E-state index in [1.807, 2.05) is 0 Å². The van der Waals surface area contributed by atoms with Crippen LogP contribution >= 0.6 is 23.2 Å². The number of halogens is 2. The molecule has 2 fully saturated rings. The van der Waals surface area contributed by atoms with Gasteiger partial charge in [-0.2, -0.15) is 4.31 Å². The first-order valence-electron chi connectivity index (χ1n) is 10.1. The van der Waals surface area contributed by atoms with Gasteiger partial charge in [-0.25, -0.2) is 8.42 Å². The van der Waals surface area contributed by atoms with Crippen LogP contribution in [0.2, 0.25) is 10.0 Å². The van der Waals surface area contributed by atoms with Crippen LogP contribution in [0, 0.1) is 5.92 Å². The van der Waals surface area contributed by atoms with E-state index in [9.17, 15) is 13.2 Å². The van der Waals surface area contributed by atoms with Crippen LogP contribution in [0.25, 0.3) is 0 Å². The third kappa shape index (κ3) is 5.41. The maximum Gasteiger partial charge on any atom is 0.244 e. The number of nitrogens with zero attached hydrogens (tertiary/aromatic N) is 1. The zero-order valence-corrected chi connectivity index (χ0v) is 18.3. The number of carbonyl (C=O) groups excluding carboxylic acids is 1. The van der Waals surface area contributed by atoms with E-state index < -0.39 is 10.0 Å². The summed E-state index contributed by atoms with van der Waals surface area (Å²) < 4.78 is 27.5. The molecule has 8 heteroatoms. The molecule has 0 radical (unpaired) electrons. The Balaban J connectivity index is 1.67. The summed E-state index contributed by atoms with van der Waals surface area (Å²) in [6, 6.07) is 4.63. The molecule has 1 aliphatic heterocycles. The van der Waals surface area contributed by atoms with Gasteiger partial charge in [0.2, 0.25) is 15.9 Å². The van der Waals surface area contributed by atoms with Gasteiger partial charge in [0.1, 0.15) is 4.90 Å². The van der Waals surface area contributed by atoms with Crippen molar-refractivity contribution >= 4 is 39.1 Å². The van der Waals surface area contributed by atoms with Gasteiger partial charge in [0.05, 0.1) is 10.9 Å². The molecular weight excluding hydrogens is 419 g/mol. The van der Waals surface area contributed by atoms with Crippen LogP contribution in [0.15, 0.2) is 23.1 Å². The van der Waals surface area contributed by atoms with E-state index in [4.69, 9.17) is 23.2 Å². The highest BCUT2D eigenvalue weighted by Crippen LogP contribution is 2.30. The monoisotopic (exact) mass is 446 g/mol. The number of hydrogen-bond donors (Lipinski definition) is 1. The molecule has 1 saturated heterocycles. The predicted octanol–water partition coefficient (Wildman–Crippen LogP) is 4.62. The molecule has 0 bridgehead atoms. The van der Waals surface area contributed by atoms with Gasteiger partial charge in [-0.1, -0.05) is 55.3 Å². The van der Waals surface area contributed by atoms with Crippen molar-refractivity contribution in [2.75, 3.05) is 13.1 Å². The van der Waals surface area contributed by atoms with Crippen LogP contribution < -0.4 is 5.32 Å². The van der Waals surface area contributed by atoms with E-state index in [-0.39, 0.29) is 34.3 Å². The summed E-state index contributed by atoms with van der Waals surface area (Å²) in [6.45, 7) is 0.572. The van der Waals surface area contributed by atoms with Gasteiger partial charge in [0.25, 0.3) is 0 Å². The highest BCUT2D eigenvalue weighted by molar-refractivity contribution is 7.89. The van der Waals surface area contributed by atoms with Crippen molar-refractivity contribution in [3.8, 4) is 0 Å². The lowest BCUT2D eigenvalue weighted by atomic mass is 9.94. The molecule has 0 aromatic heterocycles. The third-order valence-corrected chi connectivity index (χ3v) is 8.30. The smallest absolute Gasteiger partial charge is 0.244 e. The fourth-order valence-electron chi connectivity index (χ4n) is 4.11. The van der Waals surface area contributed by atoms with E-state index in [0.717, 1.165) is 25.7 Å². The number of nitrogens with one attached hydrogen (secondary N) is 1. The molecule has 2 aliphatic rings. The number of piperidine rings is 1. The van der Waals surface area contributed by atoms with Crippen LogP contribution in [0.3, 0.4) is 0 Å². The summed E-state index contributed by atoms with van der Waals surface area (Å²) in [5, 5.41) is 3.64. The first-order valence-corrected chi connectivity index (χ1v) is 12.3. The second-order valence-corrected chi connectivity index (χ2v) is 10.6. The predicted molar refractivity (Wildman–Crippen MR) is 112 cm³/mol. The molecular formula is C20H28Cl2N2O3S. The Labute approximate surface area is 177 Å². The summed E-state index contributed by atoms with van der Waals surface area (Å²) in [6.07, 6.45) is 9.39. The quantitative estimate of drug-likeness (QED) is 0.732. The van der Waals surface area contributed by atoms with Crippen molar-refractivity contribution in [3.05, 3.63) is 28.2 Å². The first kappa shape index (κ1) is 21.9. The van der Waals surface area contributed by atoms with Crippen LogP contribution in [-0.4, -0.2) is 37.8 Å². The molecule has 3 rings (SSSR count). The van der Waals surface area contributed by atoms with Crippen LogP contribution in [0.1, 0.15) is 57.8 Å². The molecule has 1 aliphatic carbocycles. The molecule has 1 aromatic rings. The standard InChI is InChI=1S/C20H28Cl2N2O3S/c21-16-10-11-18(22)19(13-16)28(26,27)24-12-6-7-15(14-24)20(25)23-17-8-4-2-1-3-5-9-17/h10-11,13,15,17H,1-9,12,14H2,(H,23,25)/t15-/m1/s1. The fraction of sp³-hybridized carbons (Fsp3) is 0.650. The number of benzene rings is 1. The molecule has 1 N–H and O–H groups in total. The van der Waals surface area contributed by atoms with E-state index >= 15 is 0 Å². The molecule has 156 valence electrons.